The molecule has 0 radical (unpaired) electrons. The van der Waals surface area contributed by atoms with Crippen LogP contribution in [0.15, 0.2) is 24.4 Å². The van der Waals surface area contributed by atoms with Gasteiger partial charge in [-0.15, -0.1) is 0 Å². The van der Waals surface area contributed by atoms with E-state index >= 15 is 0 Å². The first-order chi connectivity index (χ1) is 7.88. The molecule has 0 saturated carbocycles. The van der Waals surface area contributed by atoms with Crippen LogP contribution in [0.2, 0.25) is 5.02 Å². The van der Waals surface area contributed by atoms with Gasteiger partial charge >= 0.3 is 0 Å². The van der Waals surface area contributed by atoms with Crippen molar-refractivity contribution < 1.29 is 4.79 Å². The number of amides is 1. The molecule has 0 bridgehead atoms. The highest BCUT2D eigenvalue weighted by atomic mass is 35.5. The van der Waals surface area contributed by atoms with Crippen LogP contribution in [0.25, 0.3) is 5.52 Å². The first-order valence-corrected chi connectivity index (χ1v) is 5.72. The minimum Gasteiger partial charge on any atom is -0.346 e. The maximum atomic E-state index is 12.0. The van der Waals surface area contributed by atoms with Gasteiger partial charge in [0.05, 0.1) is 10.5 Å². The van der Waals surface area contributed by atoms with E-state index in [0.717, 1.165) is 5.52 Å². The zero-order chi connectivity index (χ0) is 12.6. The summed E-state index contributed by atoms with van der Waals surface area (Å²) in [5.74, 6) is -0.258. The van der Waals surface area contributed by atoms with E-state index < -0.39 is 0 Å². The number of fused-ring (bicyclic) bond motifs is 1. The number of hydrogen-bond donors (Lipinski definition) is 1. The van der Waals surface area contributed by atoms with Gasteiger partial charge in [-0.1, -0.05) is 17.7 Å². The summed E-state index contributed by atoms with van der Waals surface area (Å²) in [7, 11) is 0. The second-order valence-electron chi connectivity index (χ2n) is 4.90. The molecule has 1 amide bonds. The summed E-state index contributed by atoms with van der Waals surface area (Å²) in [4.78, 5) is 12.0. The van der Waals surface area contributed by atoms with Crippen molar-refractivity contribution in [1.29, 1.82) is 0 Å². The predicted molar refractivity (Wildman–Crippen MR) is 67.4 cm³/mol. The van der Waals surface area contributed by atoms with Crippen LogP contribution < -0.4 is 5.32 Å². The molecule has 2 aromatic heterocycles. The van der Waals surface area contributed by atoms with Crippen LogP contribution in [0.3, 0.4) is 0 Å². The minimum atomic E-state index is -0.309. The highest BCUT2D eigenvalue weighted by Crippen LogP contribution is 2.21. The van der Waals surface area contributed by atoms with Crippen molar-refractivity contribution in [2.45, 2.75) is 26.3 Å². The Balaban J connectivity index is 2.43. The smallest absolute Gasteiger partial charge is 0.273 e. The normalized spacial score (nSPS) is 11.8. The lowest BCUT2D eigenvalue weighted by Gasteiger charge is -2.19. The number of nitrogens with one attached hydrogen (secondary N) is 1. The van der Waals surface area contributed by atoms with Gasteiger partial charge in [-0.2, -0.15) is 5.10 Å². The summed E-state index contributed by atoms with van der Waals surface area (Å²) in [6, 6.07) is 5.51. The number of rotatable bonds is 1. The Kier molecular flexibility index (Phi) is 2.83. The van der Waals surface area contributed by atoms with Crippen LogP contribution in [0.1, 0.15) is 31.3 Å². The van der Waals surface area contributed by atoms with Crippen molar-refractivity contribution in [3.63, 3.8) is 0 Å². The monoisotopic (exact) mass is 251 g/mol. The Morgan fingerprint density at radius 2 is 2.12 bits per heavy atom. The van der Waals surface area contributed by atoms with Gasteiger partial charge in [0.2, 0.25) is 0 Å². The van der Waals surface area contributed by atoms with Gasteiger partial charge in [0, 0.05) is 11.7 Å². The van der Waals surface area contributed by atoms with Gasteiger partial charge in [-0.25, -0.2) is 4.52 Å². The van der Waals surface area contributed by atoms with Gasteiger partial charge in [0.1, 0.15) is 0 Å². The number of hydrogen-bond acceptors (Lipinski definition) is 2. The molecular formula is C12H14ClN3O. The van der Waals surface area contributed by atoms with Gasteiger partial charge in [-0.3, -0.25) is 4.79 Å². The number of nitrogens with zero attached hydrogens (tertiary/aromatic N) is 2. The van der Waals surface area contributed by atoms with Crippen molar-refractivity contribution in [1.82, 2.24) is 14.9 Å². The van der Waals surface area contributed by atoms with E-state index in [-0.39, 0.29) is 17.1 Å². The van der Waals surface area contributed by atoms with E-state index in [1.165, 1.54) is 0 Å². The molecule has 4 nitrogen and oxygen atoms in total. The Morgan fingerprint density at radius 3 is 2.71 bits per heavy atom. The first-order valence-electron chi connectivity index (χ1n) is 5.34. The molecule has 0 aliphatic rings. The van der Waals surface area contributed by atoms with Crippen LogP contribution >= 0.6 is 11.6 Å². The summed E-state index contributed by atoms with van der Waals surface area (Å²) in [5.41, 5.74) is 0.678. The third-order valence-electron chi connectivity index (χ3n) is 2.18. The van der Waals surface area contributed by atoms with Crippen molar-refractivity contribution >= 4 is 23.0 Å². The van der Waals surface area contributed by atoms with Crippen LogP contribution in [-0.4, -0.2) is 21.1 Å². The van der Waals surface area contributed by atoms with E-state index in [0.29, 0.717) is 5.02 Å². The summed E-state index contributed by atoms with van der Waals surface area (Å²) in [6.45, 7) is 5.73. The summed E-state index contributed by atoms with van der Waals surface area (Å²) < 4.78 is 1.60. The van der Waals surface area contributed by atoms with E-state index in [9.17, 15) is 4.79 Å². The van der Waals surface area contributed by atoms with E-state index in [2.05, 4.69) is 10.4 Å². The lowest BCUT2D eigenvalue weighted by Crippen LogP contribution is -2.40. The average Bonchev–Trinajstić information content (AvgIpc) is 2.55. The zero-order valence-electron chi connectivity index (χ0n) is 9.99. The van der Waals surface area contributed by atoms with Crippen molar-refractivity contribution in [2.24, 2.45) is 0 Å². The quantitative estimate of drug-likeness (QED) is 0.847. The summed E-state index contributed by atoms with van der Waals surface area (Å²) in [5, 5.41) is 7.39. The van der Waals surface area contributed by atoms with Crippen LogP contribution in [0.5, 0.6) is 0 Å². The zero-order valence-corrected chi connectivity index (χ0v) is 10.7. The molecule has 2 rings (SSSR count). The van der Waals surface area contributed by atoms with Crippen LogP contribution in [0.4, 0.5) is 0 Å². The maximum Gasteiger partial charge on any atom is 0.273 e. The molecule has 5 heteroatoms. The summed E-state index contributed by atoms with van der Waals surface area (Å²) in [6.07, 6.45) is 1.76. The minimum absolute atomic E-state index is 0.257. The molecule has 2 heterocycles. The van der Waals surface area contributed by atoms with Crippen molar-refractivity contribution in [3.05, 3.63) is 35.1 Å². The fraction of sp³-hybridized carbons (Fsp3) is 0.333. The molecule has 1 N–H and O–H groups in total. The number of pyridine rings is 1. The molecule has 0 aliphatic carbocycles. The molecule has 2 aromatic rings. The molecule has 0 saturated heterocycles. The fourth-order valence-corrected chi connectivity index (χ4v) is 1.79. The summed E-state index contributed by atoms with van der Waals surface area (Å²) >= 11 is 6.14. The van der Waals surface area contributed by atoms with Crippen molar-refractivity contribution in [2.75, 3.05) is 0 Å². The molecule has 0 unspecified atom stereocenters. The number of carbonyl (C=O) groups is 1. The van der Waals surface area contributed by atoms with E-state index in [1.54, 1.807) is 10.7 Å². The Morgan fingerprint density at radius 1 is 1.41 bits per heavy atom. The third kappa shape index (κ3) is 2.42. The Hall–Kier alpha value is -1.55. The molecule has 0 atom stereocenters. The average molecular weight is 252 g/mol. The molecule has 0 aromatic carbocycles. The molecule has 90 valence electrons. The molecule has 17 heavy (non-hydrogen) atoms. The fourth-order valence-electron chi connectivity index (χ4n) is 1.51. The number of carbonyl (C=O) groups excluding carboxylic acids is 1. The second kappa shape index (κ2) is 4.04. The SMILES string of the molecule is CC(C)(C)NC(=O)c1nn2ccccc2c1Cl. The topological polar surface area (TPSA) is 46.4 Å². The van der Waals surface area contributed by atoms with E-state index in [4.69, 9.17) is 11.6 Å². The first kappa shape index (κ1) is 11.9. The lowest BCUT2D eigenvalue weighted by molar-refractivity contribution is 0.0914. The Labute approximate surface area is 105 Å². The van der Waals surface area contributed by atoms with Gasteiger partial charge in [0.25, 0.3) is 5.91 Å². The molecule has 0 spiro atoms. The maximum absolute atomic E-state index is 12.0. The third-order valence-corrected chi connectivity index (χ3v) is 2.56. The van der Waals surface area contributed by atoms with Gasteiger partial charge in [0.15, 0.2) is 5.69 Å². The highest BCUT2D eigenvalue weighted by molar-refractivity contribution is 6.36. The predicted octanol–water partition coefficient (Wildman–Crippen LogP) is 2.52. The van der Waals surface area contributed by atoms with Gasteiger partial charge < -0.3 is 5.32 Å². The van der Waals surface area contributed by atoms with Crippen LogP contribution in [-0.2, 0) is 0 Å². The number of aromatic nitrogens is 2. The van der Waals surface area contributed by atoms with Gasteiger partial charge in [-0.05, 0) is 32.9 Å². The Bertz CT molecular complexity index is 569. The van der Waals surface area contributed by atoms with Crippen molar-refractivity contribution in [3.8, 4) is 0 Å². The van der Waals surface area contributed by atoms with E-state index in [1.807, 2.05) is 39.0 Å². The molecule has 0 fully saturated rings. The number of halogens is 1. The second-order valence-corrected chi connectivity index (χ2v) is 5.28. The van der Waals surface area contributed by atoms with Crippen LogP contribution in [0, 0.1) is 0 Å². The lowest BCUT2D eigenvalue weighted by atomic mass is 10.1. The molecular weight excluding hydrogens is 238 g/mol. The standard InChI is InChI=1S/C12H14ClN3O/c1-12(2,3)14-11(17)10-9(13)8-6-4-5-7-16(8)15-10/h4-7H,1-3H3,(H,14,17). The largest absolute Gasteiger partial charge is 0.346 e. The molecule has 0 aliphatic heterocycles. The highest BCUT2D eigenvalue weighted by Gasteiger charge is 2.21.